The van der Waals surface area contributed by atoms with Crippen molar-refractivity contribution in [3.63, 3.8) is 0 Å². The molecule has 0 radical (unpaired) electrons. The van der Waals surface area contributed by atoms with Gasteiger partial charge in [-0.1, -0.05) is 152 Å². The van der Waals surface area contributed by atoms with E-state index >= 15 is 0 Å². The molecule has 0 aliphatic heterocycles. The van der Waals surface area contributed by atoms with Crippen LogP contribution in [0, 0.1) is 0 Å². The molecule has 0 unspecified atom stereocenters. The molecule has 0 atom stereocenters. The lowest BCUT2D eigenvalue weighted by Crippen LogP contribution is -2.90. The van der Waals surface area contributed by atoms with Crippen molar-refractivity contribution in [3.8, 4) is 0 Å². The molecule has 1 nitrogen and oxygen atoms in total. The molecule has 0 aromatic heterocycles. The average Bonchev–Trinajstić information content (AvgIpc) is 2.92. The minimum atomic E-state index is -3.36. The van der Waals surface area contributed by atoms with Crippen LogP contribution >= 0.6 is 0 Å². The summed E-state index contributed by atoms with van der Waals surface area (Å²) in [5, 5.41) is 5.76. The van der Waals surface area contributed by atoms with E-state index < -0.39 is 15.4 Å². The monoisotopic (exact) mass is 458 g/mol. The normalized spacial score (nSPS) is 11.8. The van der Waals surface area contributed by atoms with E-state index in [0.29, 0.717) is 0 Å². The summed E-state index contributed by atoms with van der Waals surface area (Å²) in [4.78, 5) is 13.4. The molecule has 0 aliphatic carbocycles. The Bertz CT molecular complexity index is 1160. The van der Waals surface area contributed by atoms with Gasteiger partial charge in [-0.05, 0) is 25.9 Å². The van der Waals surface area contributed by atoms with Crippen LogP contribution in [0.5, 0.6) is 0 Å². The van der Waals surface area contributed by atoms with E-state index in [4.69, 9.17) is 0 Å². The molecule has 0 fully saturated rings. The van der Waals surface area contributed by atoms with Gasteiger partial charge in [-0.25, -0.2) is 0 Å². The lowest BCUT2D eigenvalue weighted by Gasteiger charge is -2.45. The van der Waals surface area contributed by atoms with Crippen LogP contribution in [0.1, 0.15) is 0 Å². The van der Waals surface area contributed by atoms with E-state index in [1.165, 1.54) is 15.6 Å². The molecule has 1 N–H and O–H groups in total. The highest BCUT2D eigenvalue weighted by molar-refractivity contribution is 7.61. The first-order chi connectivity index (χ1) is 16.3. The molecule has 5 rings (SSSR count). The zero-order valence-corrected chi connectivity index (χ0v) is 20.4. The van der Waals surface area contributed by atoms with Crippen LogP contribution < -0.4 is 25.9 Å². The van der Waals surface area contributed by atoms with Crippen molar-refractivity contribution >= 4 is 41.4 Å². The van der Waals surface area contributed by atoms with Crippen LogP contribution in [0.4, 0.5) is 0 Å². The molecule has 5 aromatic carbocycles. The zero-order valence-electron chi connectivity index (χ0n) is 18.4. The molecule has 0 saturated carbocycles. The third-order valence-corrected chi connectivity index (χ3v) is 21.2. The van der Waals surface area contributed by atoms with E-state index in [0.717, 1.165) is 10.4 Å². The second-order valence-corrected chi connectivity index (χ2v) is 18.5. The highest BCUT2D eigenvalue weighted by Crippen LogP contribution is 2.20. The van der Waals surface area contributed by atoms with Crippen LogP contribution in [-0.2, 0) is 0 Å². The van der Waals surface area contributed by atoms with Crippen LogP contribution in [0.3, 0.4) is 0 Å². The van der Waals surface area contributed by atoms with Gasteiger partial charge in [0.25, 0.3) is 7.83 Å². The van der Waals surface area contributed by atoms with Crippen molar-refractivity contribution in [1.29, 1.82) is 0 Å². The van der Waals surface area contributed by atoms with Gasteiger partial charge in [0.15, 0.2) is 7.59 Å². The Balaban J connectivity index is 2.01. The van der Waals surface area contributed by atoms with Gasteiger partial charge in [0, 0.05) is 0 Å². The Morgan fingerprint density at radius 1 is 0.303 bits per heavy atom. The molecule has 0 bridgehead atoms. The van der Waals surface area contributed by atoms with Crippen LogP contribution in [0.25, 0.3) is 0 Å². The van der Waals surface area contributed by atoms with Crippen molar-refractivity contribution in [3.05, 3.63) is 152 Å². The molecule has 0 heterocycles. The van der Waals surface area contributed by atoms with Crippen molar-refractivity contribution < 1.29 is 4.80 Å². The standard InChI is InChI=1S/C30H26OSi2/c31-33(29-22-12-4-13-23-29,30-24-14-5-15-25-30)32(26-16-6-1-7-17-26,27-18-8-2-9-19-27)28-20-10-3-11-21-28/h1-25,31H. The van der Waals surface area contributed by atoms with Crippen molar-refractivity contribution in [1.82, 2.24) is 0 Å². The summed E-state index contributed by atoms with van der Waals surface area (Å²) in [5.74, 6) is 0. The third-order valence-electron chi connectivity index (χ3n) is 6.55. The Labute approximate surface area is 197 Å². The Morgan fingerprint density at radius 3 is 0.758 bits per heavy atom. The Kier molecular flexibility index (Phi) is 5.92. The topological polar surface area (TPSA) is 20.2 Å². The van der Waals surface area contributed by atoms with Crippen molar-refractivity contribution in [2.45, 2.75) is 0 Å². The maximum atomic E-state index is 13.4. The molecular weight excluding hydrogens is 433 g/mol. The summed E-state index contributed by atoms with van der Waals surface area (Å²) in [5.41, 5.74) is 0. The van der Waals surface area contributed by atoms with Gasteiger partial charge < -0.3 is 4.80 Å². The predicted octanol–water partition coefficient (Wildman–Crippen LogP) is 2.99. The lowest BCUT2D eigenvalue weighted by molar-refractivity contribution is 0.588. The first-order valence-electron chi connectivity index (χ1n) is 11.3. The molecule has 0 amide bonds. The maximum absolute atomic E-state index is 13.4. The molecule has 33 heavy (non-hydrogen) atoms. The first kappa shape index (κ1) is 21.3. The molecule has 0 saturated heterocycles. The predicted molar refractivity (Wildman–Crippen MR) is 144 cm³/mol. The fraction of sp³-hybridized carbons (Fsp3) is 0. The number of rotatable bonds is 6. The maximum Gasteiger partial charge on any atom is 0.252 e. The van der Waals surface area contributed by atoms with Gasteiger partial charge in [0.2, 0.25) is 0 Å². The first-order valence-corrected chi connectivity index (χ1v) is 16.2. The van der Waals surface area contributed by atoms with Gasteiger partial charge in [0.05, 0.1) is 0 Å². The Morgan fingerprint density at radius 2 is 0.515 bits per heavy atom. The molecular formula is C30H26OSi2. The van der Waals surface area contributed by atoms with E-state index in [9.17, 15) is 4.80 Å². The second kappa shape index (κ2) is 9.16. The van der Waals surface area contributed by atoms with Gasteiger partial charge in [-0.2, -0.15) is 0 Å². The quantitative estimate of drug-likeness (QED) is 0.306. The lowest BCUT2D eigenvalue weighted by atomic mass is 10.3. The molecule has 5 aromatic rings. The number of benzene rings is 5. The van der Waals surface area contributed by atoms with Crippen LogP contribution in [-0.4, -0.2) is 20.2 Å². The summed E-state index contributed by atoms with van der Waals surface area (Å²) in [6.07, 6.45) is 0. The van der Waals surface area contributed by atoms with Gasteiger partial charge in [-0.15, -0.1) is 0 Å². The summed E-state index contributed by atoms with van der Waals surface area (Å²) in [7, 11) is -6.33. The summed E-state index contributed by atoms with van der Waals surface area (Å²) in [6.45, 7) is 0. The fourth-order valence-electron chi connectivity index (χ4n) is 5.15. The van der Waals surface area contributed by atoms with Crippen LogP contribution in [0.2, 0.25) is 0 Å². The molecule has 3 heteroatoms. The summed E-state index contributed by atoms with van der Waals surface area (Å²) in [6, 6.07) is 52.9. The van der Waals surface area contributed by atoms with Crippen molar-refractivity contribution in [2.24, 2.45) is 0 Å². The minimum Gasteiger partial charge on any atom is -0.425 e. The second-order valence-electron chi connectivity index (χ2n) is 8.29. The van der Waals surface area contributed by atoms with Gasteiger partial charge >= 0.3 is 0 Å². The van der Waals surface area contributed by atoms with Gasteiger partial charge in [0.1, 0.15) is 0 Å². The summed E-state index contributed by atoms with van der Waals surface area (Å²) < 4.78 is 0. The SMILES string of the molecule is O[Si](c1ccccc1)(c1ccccc1)[Si](c1ccccc1)(c1ccccc1)c1ccccc1. The van der Waals surface area contributed by atoms with E-state index in [1.807, 2.05) is 12.1 Å². The van der Waals surface area contributed by atoms with Crippen molar-refractivity contribution in [2.75, 3.05) is 0 Å². The fourth-order valence-corrected chi connectivity index (χ4v) is 20.9. The zero-order chi connectivity index (χ0) is 22.6. The Hall–Kier alpha value is -3.51. The molecule has 0 spiro atoms. The van der Waals surface area contributed by atoms with Gasteiger partial charge in [-0.3, -0.25) is 0 Å². The number of hydrogen-bond donors (Lipinski definition) is 1. The smallest absolute Gasteiger partial charge is 0.252 e. The average molecular weight is 459 g/mol. The number of hydrogen-bond acceptors (Lipinski definition) is 1. The van der Waals surface area contributed by atoms with E-state index in [-0.39, 0.29) is 0 Å². The highest BCUT2D eigenvalue weighted by atomic mass is 29.3. The summed E-state index contributed by atoms with van der Waals surface area (Å²) >= 11 is 0. The molecule has 160 valence electrons. The molecule has 0 aliphatic rings. The van der Waals surface area contributed by atoms with Crippen LogP contribution in [0.15, 0.2) is 152 Å². The van der Waals surface area contributed by atoms with E-state index in [2.05, 4.69) is 140 Å². The third kappa shape index (κ3) is 3.51. The minimum absolute atomic E-state index is 1.04. The van der Waals surface area contributed by atoms with E-state index in [1.54, 1.807) is 0 Å². The largest absolute Gasteiger partial charge is 0.425 e. The highest BCUT2D eigenvalue weighted by Gasteiger charge is 2.60.